The molecule has 0 aliphatic rings. The number of furan rings is 1. The lowest BCUT2D eigenvalue weighted by atomic mass is 9.83. The summed E-state index contributed by atoms with van der Waals surface area (Å²) >= 11 is 0. The van der Waals surface area contributed by atoms with E-state index in [0.29, 0.717) is 0 Å². The Labute approximate surface area is 274 Å². The van der Waals surface area contributed by atoms with E-state index in [1.165, 1.54) is 76.8 Å². The first-order valence-corrected chi connectivity index (χ1v) is 16.3. The fourth-order valence-electron chi connectivity index (χ4n) is 7.45. The van der Waals surface area contributed by atoms with Crippen LogP contribution in [0.15, 0.2) is 162 Å². The van der Waals surface area contributed by atoms with Gasteiger partial charge >= 0.3 is 0 Å². The number of hydrogen-bond acceptors (Lipinski definition) is 1. The van der Waals surface area contributed by atoms with E-state index in [0.717, 1.165) is 22.3 Å². The Morgan fingerprint density at radius 2 is 1.06 bits per heavy atom. The minimum atomic E-state index is 0.894. The maximum Gasteiger partial charge on any atom is 0.136 e. The summed E-state index contributed by atoms with van der Waals surface area (Å²) in [5, 5.41) is 8.67. The first-order valence-electron chi connectivity index (χ1n) is 16.3. The second-order valence-corrected chi connectivity index (χ2v) is 12.5. The third kappa shape index (κ3) is 4.39. The van der Waals surface area contributed by atoms with Gasteiger partial charge in [0, 0.05) is 10.9 Å². The van der Waals surface area contributed by atoms with Crippen LogP contribution in [0.2, 0.25) is 0 Å². The van der Waals surface area contributed by atoms with Crippen LogP contribution < -0.4 is 0 Å². The summed E-state index contributed by atoms with van der Waals surface area (Å²) in [4.78, 5) is 0. The quantitative estimate of drug-likeness (QED) is 0.141. The van der Waals surface area contributed by atoms with E-state index in [2.05, 4.69) is 166 Å². The summed E-state index contributed by atoms with van der Waals surface area (Å²) in [6.07, 6.45) is 0. The molecule has 1 nitrogen and oxygen atoms in total. The SMILES string of the molecule is C/C(=C(\C)c1cc(-c2cc3ccccc3o2)c2ccc3c(-c4ccccc4-c4ccccc4)ccc4ccc1c2c43)c1ccccc1. The number of hydrogen-bond donors (Lipinski definition) is 0. The molecule has 0 fully saturated rings. The molecule has 0 atom stereocenters. The van der Waals surface area contributed by atoms with E-state index in [4.69, 9.17) is 4.42 Å². The third-order valence-electron chi connectivity index (χ3n) is 9.95. The molecule has 8 aromatic carbocycles. The van der Waals surface area contributed by atoms with Gasteiger partial charge in [-0.3, -0.25) is 0 Å². The van der Waals surface area contributed by atoms with Crippen LogP contribution in [0.25, 0.3) is 88.0 Å². The van der Waals surface area contributed by atoms with Crippen LogP contribution in [0, 0.1) is 0 Å². The van der Waals surface area contributed by atoms with Gasteiger partial charge in [-0.15, -0.1) is 0 Å². The number of benzene rings is 8. The molecule has 0 bridgehead atoms. The number of fused-ring (bicyclic) bond motifs is 1. The molecule has 0 saturated carbocycles. The van der Waals surface area contributed by atoms with E-state index < -0.39 is 0 Å². The van der Waals surface area contributed by atoms with Gasteiger partial charge in [0.15, 0.2) is 0 Å². The lowest BCUT2D eigenvalue weighted by Gasteiger charge is -2.20. The molecule has 222 valence electrons. The zero-order valence-corrected chi connectivity index (χ0v) is 26.4. The molecule has 0 N–H and O–H groups in total. The lowest BCUT2D eigenvalue weighted by molar-refractivity contribution is 0.632. The van der Waals surface area contributed by atoms with Gasteiger partial charge in [0.25, 0.3) is 0 Å². The fourth-order valence-corrected chi connectivity index (χ4v) is 7.45. The van der Waals surface area contributed by atoms with Crippen LogP contribution in [0.5, 0.6) is 0 Å². The monoisotopic (exact) mass is 600 g/mol. The van der Waals surface area contributed by atoms with Crippen molar-refractivity contribution >= 4 is 54.4 Å². The van der Waals surface area contributed by atoms with Crippen molar-refractivity contribution in [2.75, 3.05) is 0 Å². The lowest BCUT2D eigenvalue weighted by Crippen LogP contribution is -1.95. The Bertz CT molecular complexity index is 2590. The van der Waals surface area contributed by atoms with Crippen molar-refractivity contribution in [3.05, 3.63) is 169 Å². The van der Waals surface area contributed by atoms with Gasteiger partial charge in [-0.05, 0) is 109 Å². The smallest absolute Gasteiger partial charge is 0.136 e. The number of rotatable bonds is 5. The number of allylic oxidation sites excluding steroid dienone is 2. The second kappa shape index (κ2) is 10.9. The summed E-state index contributed by atoms with van der Waals surface area (Å²) in [5.74, 6) is 0.894. The summed E-state index contributed by atoms with van der Waals surface area (Å²) in [6.45, 7) is 4.50. The molecule has 9 aromatic rings. The Morgan fingerprint density at radius 1 is 0.426 bits per heavy atom. The molecule has 0 aliphatic carbocycles. The highest BCUT2D eigenvalue weighted by Gasteiger charge is 2.21. The predicted molar refractivity (Wildman–Crippen MR) is 201 cm³/mol. The van der Waals surface area contributed by atoms with Crippen molar-refractivity contribution in [2.45, 2.75) is 13.8 Å². The number of para-hydroxylation sites is 1. The largest absolute Gasteiger partial charge is 0.456 e. The molecule has 9 rings (SSSR count). The maximum atomic E-state index is 6.57. The third-order valence-corrected chi connectivity index (χ3v) is 9.95. The van der Waals surface area contributed by atoms with Crippen LogP contribution in [-0.4, -0.2) is 0 Å². The molecule has 1 aromatic heterocycles. The zero-order chi connectivity index (χ0) is 31.5. The summed E-state index contributed by atoms with van der Waals surface area (Å²) in [7, 11) is 0. The van der Waals surface area contributed by atoms with E-state index in [-0.39, 0.29) is 0 Å². The van der Waals surface area contributed by atoms with E-state index in [1.54, 1.807) is 0 Å². The van der Waals surface area contributed by atoms with Crippen molar-refractivity contribution in [2.24, 2.45) is 0 Å². The Hall–Kier alpha value is -5.92. The topological polar surface area (TPSA) is 13.1 Å². The van der Waals surface area contributed by atoms with Crippen molar-refractivity contribution in [3.8, 4) is 33.6 Å². The van der Waals surface area contributed by atoms with Gasteiger partial charge in [-0.2, -0.15) is 0 Å². The average molecular weight is 601 g/mol. The fraction of sp³-hybridized carbons (Fsp3) is 0.0435. The Balaban J connectivity index is 1.39. The molecule has 0 amide bonds. The Kier molecular flexibility index (Phi) is 6.33. The highest BCUT2D eigenvalue weighted by molar-refractivity contribution is 6.29. The van der Waals surface area contributed by atoms with Gasteiger partial charge in [0.1, 0.15) is 11.3 Å². The minimum absolute atomic E-state index is 0.894. The van der Waals surface area contributed by atoms with E-state index >= 15 is 0 Å². The van der Waals surface area contributed by atoms with Gasteiger partial charge in [-0.25, -0.2) is 0 Å². The molecule has 0 spiro atoms. The first kappa shape index (κ1) is 27.4. The first-order chi connectivity index (χ1) is 23.2. The minimum Gasteiger partial charge on any atom is -0.456 e. The molecule has 0 radical (unpaired) electrons. The zero-order valence-electron chi connectivity index (χ0n) is 26.4. The predicted octanol–water partition coefficient (Wildman–Crippen LogP) is 13.3. The molecule has 0 saturated heterocycles. The van der Waals surface area contributed by atoms with Crippen LogP contribution in [0.4, 0.5) is 0 Å². The Morgan fingerprint density at radius 3 is 1.85 bits per heavy atom. The summed E-state index contributed by atoms with van der Waals surface area (Å²) < 4.78 is 6.57. The van der Waals surface area contributed by atoms with E-state index in [9.17, 15) is 0 Å². The molecule has 0 aliphatic heterocycles. The molecular formula is C46H32O. The standard InChI is InChI=1S/C46H32O/c1-29(31-13-5-3-6-14-31)30(2)41-28-42(44-27-34-17-9-12-20-43(34)47-44)40-26-25-38-37(23-21-33-22-24-39(41)46(40)45(33)38)36-19-11-10-18-35(36)32-15-7-4-8-16-32/h3-28H,1-2H3/b30-29-. The molecule has 0 unspecified atom stereocenters. The van der Waals surface area contributed by atoms with Crippen molar-refractivity contribution < 1.29 is 4.42 Å². The van der Waals surface area contributed by atoms with E-state index in [1.807, 2.05) is 6.07 Å². The molecule has 1 heteroatoms. The summed E-state index contributed by atoms with van der Waals surface area (Å²) in [5.41, 5.74) is 12.0. The van der Waals surface area contributed by atoms with Gasteiger partial charge in [0.05, 0.1) is 0 Å². The normalized spacial score (nSPS) is 12.4. The highest BCUT2D eigenvalue weighted by atomic mass is 16.3. The summed E-state index contributed by atoms with van der Waals surface area (Å²) in [6, 6.07) is 56.9. The van der Waals surface area contributed by atoms with Crippen molar-refractivity contribution in [3.63, 3.8) is 0 Å². The van der Waals surface area contributed by atoms with Gasteiger partial charge in [0.2, 0.25) is 0 Å². The highest BCUT2D eigenvalue weighted by Crippen LogP contribution is 2.47. The molecular weight excluding hydrogens is 569 g/mol. The van der Waals surface area contributed by atoms with Gasteiger partial charge in [-0.1, -0.05) is 140 Å². The second-order valence-electron chi connectivity index (χ2n) is 12.5. The van der Waals surface area contributed by atoms with Crippen molar-refractivity contribution in [1.29, 1.82) is 0 Å². The van der Waals surface area contributed by atoms with Crippen LogP contribution in [0.3, 0.4) is 0 Å². The maximum absolute atomic E-state index is 6.57. The molecule has 47 heavy (non-hydrogen) atoms. The van der Waals surface area contributed by atoms with Crippen LogP contribution >= 0.6 is 0 Å². The average Bonchev–Trinajstić information content (AvgIpc) is 3.58. The van der Waals surface area contributed by atoms with Crippen LogP contribution in [-0.2, 0) is 0 Å². The van der Waals surface area contributed by atoms with Gasteiger partial charge < -0.3 is 4.42 Å². The van der Waals surface area contributed by atoms with Crippen LogP contribution in [0.1, 0.15) is 25.0 Å². The molecule has 1 heterocycles. The van der Waals surface area contributed by atoms with Crippen molar-refractivity contribution in [1.82, 2.24) is 0 Å².